The van der Waals surface area contributed by atoms with Crippen molar-refractivity contribution < 1.29 is 4.74 Å². The van der Waals surface area contributed by atoms with Crippen molar-refractivity contribution in [2.24, 2.45) is 0 Å². The second-order valence-electron chi connectivity index (χ2n) is 6.42. The summed E-state index contributed by atoms with van der Waals surface area (Å²) in [4.78, 5) is 1.35. The summed E-state index contributed by atoms with van der Waals surface area (Å²) in [5, 5.41) is 2.12. The topological polar surface area (TPSA) is 9.23 Å². The van der Waals surface area contributed by atoms with Crippen molar-refractivity contribution in [2.75, 3.05) is 6.61 Å². The van der Waals surface area contributed by atoms with Gasteiger partial charge in [-0.3, -0.25) is 0 Å². The average molecular weight is 325 g/mol. The van der Waals surface area contributed by atoms with Crippen LogP contribution in [0, 0.1) is 0 Å². The van der Waals surface area contributed by atoms with Crippen LogP contribution in [0.25, 0.3) is 0 Å². The lowest BCUT2D eigenvalue weighted by Gasteiger charge is -2.11. The molecule has 0 bridgehead atoms. The summed E-state index contributed by atoms with van der Waals surface area (Å²) in [6.07, 6.45) is 17.1. The fourth-order valence-electron chi connectivity index (χ4n) is 2.81. The monoisotopic (exact) mass is 324 g/mol. The molecule has 0 fully saturated rings. The van der Waals surface area contributed by atoms with Crippen molar-refractivity contribution in [2.45, 2.75) is 97.0 Å². The summed E-state index contributed by atoms with van der Waals surface area (Å²) in [5.74, 6) is 0. The first kappa shape index (κ1) is 19.7. The Morgan fingerprint density at radius 2 is 1.41 bits per heavy atom. The first-order valence-corrected chi connectivity index (χ1v) is 10.4. The molecule has 2 heteroatoms. The van der Waals surface area contributed by atoms with Crippen LogP contribution in [0.2, 0.25) is 0 Å². The molecule has 0 aliphatic heterocycles. The van der Waals surface area contributed by atoms with Gasteiger partial charge in [0.2, 0.25) is 0 Å². The third-order valence-corrected chi connectivity index (χ3v) is 5.34. The molecule has 1 nitrogen and oxygen atoms in total. The number of rotatable bonds is 15. The van der Waals surface area contributed by atoms with E-state index in [2.05, 4.69) is 31.4 Å². The molecule has 1 atom stereocenters. The second kappa shape index (κ2) is 14.3. The number of hydrogen-bond donors (Lipinski definition) is 0. The van der Waals surface area contributed by atoms with Gasteiger partial charge < -0.3 is 4.74 Å². The molecular weight excluding hydrogens is 288 g/mol. The molecule has 1 aromatic rings. The Hall–Kier alpha value is -0.340. The third-order valence-electron chi connectivity index (χ3n) is 4.31. The zero-order valence-corrected chi connectivity index (χ0v) is 15.6. The van der Waals surface area contributed by atoms with E-state index in [1.807, 2.05) is 0 Å². The molecular formula is C20H36OS. The van der Waals surface area contributed by atoms with Gasteiger partial charge in [-0.2, -0.15) is 0 Å². The Labute approximate surface area is 142 Å². The van der Waals surface area contributed by atoms with Gasteiger partial charge in [-0.1, -0.05) is 83.6 Å². The molecule has 0 amide bonds. The van der Waals surface area contributed by atoms with Gasteiger partial charge in [0.25, 0.3) is 0 Å². The van der Waals surface area contributed by atoms with E-state index in [-0.39, 0.29) is 6.10 Å². The predicted molar refractivity (Wildman–Crippen MR) is 99.8 cm³/mol. The second-order valence-corrected chi connectivity index (χ2v) is 7.40. The largest absolute Gasteiger partial charge is 0.373 e. The van der Waals surface area contributed by atoms with Crippen molar-refractivity contribution in [1.29, 1.82) is 0 Å². The van der Waals surface area contributed by atoms with E-state index in [0.29, 0.717) is 0 Å². The molecule has 0 aromatic carbocycles. The van der Waals surface area contributed by atoms with Gasteiger partial charge in [-0.25, -0.2) is 0 Å². The maximum absolute atomic E-state index is 5.89. The van der Waals surface area contributed by atoms with Gasteiger partial charge in [-0.15, -0.1) is 11.3 Å². The molecule has 1 heterocycles. The number of unbranched alkanes of at least 4 members (excludes halogenated alkanes) is 11. The normalized spacial score (nSPS) is 12.6. The van der Waals surface area contributed by atoms with Gasteiger partial charge in [-0.05, 0) is 24.8 Å². The molecule has 0 radical (unpaired) electrons. The molecule has 0 aliphatic rings. The maximum Gasteiger partial charge on any atom is 0.0888 e. The van der Waals surface area contributed by atoms with Crippen LogP contribution in [0.5, 0.6) is 0 Å². The zero-order valence-electron chi connectivity index (χ0n) is 14.8. The van der Waals surface area contributed by atoms with Gasteiger partial charge in [0.1, 0.15) is 0 Å². The highest BCUT2D eigenvalue weighted by atomic mass is 32.1. The molecule has 0 saturated heterocycles. The standard InChI is InChI=1S/C20H36OS/c1-3-4-5-6-7-8-9-10-11-12-13-14-17-21-19(2)20-16-15-18-22-20/h15-16,18-19H,3-14,17H2,1-2H3. The number of hydrogen-bond acceptors (Lipinski definition) is 2. The third kappa shape index (κ3) is 10.4. The van der Waals surface area contributed by atoms with Crippen molar-refractivity contribution in [3.63, 3.8) is 0 Å². The predicted octanol–water partition coefficient (Wildman–Crippen LogP) is 7.53. The highest BCUT2D eigenvalue weighted by Gasteiger charge is 2.05. The number of ether oxygens (including phenoxy) is 1. The fraction of sp³-hybridized carbons (Fsp3) is 0.800. The highest BCUT2D eigenvalue weighted by Crippen LogP contribution is 2.22. The molecule has 22 heavy (non-hydrogen) atoms. The zero-order chi connectivity index (χ0) is 15.9. The van der Waals surface area contributed by atoms with Crippen LogP contribution in [0.15, 0.2) is 17.5 Å². The average Bonchev–Trinajstić information content (AvgIpc) is 3.06. The van der Waals surface area contributed by atoms with Crippen molar-refractivity contribution in [3.05, 3.63) is 22.4 Å². The Balaban J connectivity index is 1.76. The van der Waals surface area contributed by atoms with E-state index in [0.717, 1.165) is 6.61 Å². The smallest absolute Gasteiger partial charge is 0.0888 e. The van der Waals surface area contributed by atoms with Gasteiger partial charge >= 0.3 is 0 Å². The van der Waals surface area contributed by atoms with Crippen LogP contribution in [-0.4, -0.2) is 6.61 Å². The van der Waals surface area contributed by atoms with Gasteiger partial charge in [0.15, 0.2) is 0 Å². The summed E-state index contributed by atoms with van der Waals surface area (Å²) in [7, 11) is 0. The molecule has 0 saturated carbocycles. The van der Waals surface area contributed by atoms with Crippen LogP contribution < -0.4 is 0 Å². The van der Waals surface area contributed by atoms with Crippen LogP contribution in [-0.2, 0) is 4.74 Å². The summed E-state index contributed by atoms with van der Waals surface area (Å²) in [5.41, 5.74) is 0. The lowest BCUT2D eigenvalue weighted by Crippen LogP contribution is -1.99. The quantitative estimate of drug-likeness (QED) is 0.303. The summed E-state index contributed by atoms with van der Waals surface area (Å²) >= 11 is 1.79. The summed E-state index contributed by atoms with van der Waals surface area (Å²) in [6, 6.07) is 4.27. The Morgan fingerprint density at radius 1 is 0.864 bits per heavy atom. The molecule has 0 spiro atoms. The van der Waals surface area contributed by atoms with Crippen molar-refractivity contribution in [3.8, 4) is 0 Å². The van der Waals surface area contributed by atoms with E-state index in [1.165, 1.54) is 81.9 Å². The SMILES string of the molecule is CCCCCCCCCCCCCCOC(C)c1cccs1. The highest BCUT2D eigenvalue weighted by molar-refractivity contribution is 7.10. The number of thiophene rings is 1. The van der Waals surface area contributed by atoms with Crippen LogP contribution in [0.3, 0.4) is 0 Å². The molecule has 0 aliphatic carbocycles. The summed E-state index contributed by atoms with van der Waals surface area (Å²) < 4.78 is 5.89. The lowest BCUT2D eigenvalue weighted by molar-refractivity contribution is 0.0651. The maximum atomic E-state index is 5.89. The lowest BCUT2D eigenvalue weighted by atomic mass is 10.1. The minimum Gasteiger partial charge on any atom is -0.373 e. The molecule has 1 rings (SSSR count). The van der Waals surface area contributed by atoms with Crippen molar-refractivity contribution >= 4 is 11.3 Å². The van der Waals surface area contributed by atoms with E-state index in [4.69, 9.17) is 4.74 Å². The molecule has 128 valence electrons. The van der Waals surface area contributed by atoms with E-state index < -0.39 is 0 Å². The minimum atomic E-state index is 0.271. The Kier molecular flexibility index (Phi) is 12.8. The van der Waals surface area contributed by atoms with E-state index in [9.17, 15) is 0 Å². The van der Waals surface area contributed by atoms with Crippen LogP contribution in [0.4, 0.5) is 0 Å². The van der Waals surface area contributed by atoms with Crippen molar-refractivity contribution in [1.82, 2.24) is 0 Å². The first-order chi connectivity index (χ1) is 10.8. The van der Waals surface area contributed by atoms with Gasteiger partial charge in [0.05, 0.1) is 6.10 Å². The minimum absolute atomic E-state index is 0.271. The van der Waals surface area contributed by atoms with Crippen LogP contribution >= 0.6 is 11.3 Å². The Morgan fingerprint density at radius 3 is 1.91 bits per heavy atom. The van der Waals surface area contributed by atoms with Crippen LogP contribution in [0.1, 0.15) is 102 Å². The summed E-state index contributed by atoms with van der Waals surface area (Å²) in [6.45, 7) is 5.36. The molecule has 0 N–H and O–H groups in total. The Bertz CT molecular complexity index is 320. The molecule has 1 aromatic heterocycles. The fourth-order valence-corrected chi connectivity index (χ4v) is 3.54. The molecule has 1 unspecified atom stereocenters. The van der Waals surface area contributed by atoms with Gasteiger partial charge in [0, 0.05) is 11.5 Å². The first-order valence-electron chi connectivity index (χ1n) is 9.49. The van der Waals surface area contributed by atoms with E-state index in [1.54, 1.807) is 11.3 Å². The van der Waals surface area contributed by atoms with E-state index >= 15 is 0 Å².